The van der Waals surface area contributed by atoms with Gasteiger partial charge in [0.25, 0.3) is 0 Å². The van der Waals surface area contributed by atoms with E-state index in [2.05, 4.69) is 43.5 Å². The van der Waals surface area contributed by atoms with Gasteiger partial charge in [0.05, 0.1) is 0 Å². The highest BCUT2D eigenvalue weighted by Gasteiger charge is 2.22. The third-order valence-corrected chi connectivity index (χ3v) is 4.00. The van der Waals surface area contributed by atoms with E-state index in [0.29, 0.717) is 12.5 Å². The van der Waals surface area contributed by atoms with Crippen LogP contribution in [0.25, 0.3) is 0 Å². The molecule has 19 heavy (non-hydrogen) atoms. The molecule has 1 aliphatic carbocycles. The largest absolute Gasteiger partial charge is 0.490 e. The fraction of sp³-hybridized carbons (Fsp3) is 0.444. The Morgan fingerprint density at radius 3 is 2.58 bits per heavy atom. The van der Waals surface area contributed by atoms with E-state index in [4.69, 9.17) is 4.74 Å². The predicted molar refractivity (Wildman–Crippen MR) is 81.6 cm³/mol. The molecule has 2 unspecified atom stereocenters. The highest BCUT2D eigenvalue weighted by atomic mass is 16.5. The van der Waals surface area contributed by atoms with Crippen LogP contribution in [0.2, 0.25) is 0 Å². The lowest BCUT2D eigenvalue weighted by Crippen LogP contribution is -2.13. The fourth-order valence-corrected chi connectivity index (χ4v) is 3.03. The van der Waals surface area contributed by atoms with Crippen molar-refractivity contribution >= 4 is 0 Å². The van der Waals surface area contributed by atoms with Gasteiger partial charge in [-0.3, -0.25) is 0 Å². The molecule has 0 bridgehead atoms. The van der Waals surface area contributed by atoms with Crippen molar-refractivity contribution in [2.75, 3.05) is 6.61 Å². The summed E-state index contributed by atoms with van der Waals surface area (Å²) in [5.41, 5.74) is 1.46. The molecular weight excluding hydrogens is 232 g/mol. The van der Waals surface area contributed by atoms with Crippen LogP contribution in [0.3, 0.4) is 0 Å². The molecule has 102 valence electrons. The number of allylic oxidation sites excluding steroid dienone is 1. The summed E-state index contributed by atoms with van der Waals surface area (Å²) in [4.78, 5) is 0. The van der Waals surface area contributed by atoms with Crippen molar-refractivity contribution in [3.05, 3.63) is 55.1 Å². The minimum Gasteiger partial charge on any atom is -0.490 e. The lowest BCUT2D eigenvalue weighted by Gasteiger charge is -2.29. The van der Waals surface area contributed by atoms with E-state index in [1.54, 1.807) is 6.08 Å². The molecule has 2 rings (SSSR count). The maximum Gasteiger partial charge on any atom is 0.119 e. The summed E-state index contributed by atoms with van der Waals surface area (Å²) in [5, 5.41) is 0. The first kappa shape index (κ1) is 13.9. The summed E-state index contributed by atoms with van der Waals surface area (Å²) >= 11 is 0. The second-order valence-corrected chi connectivity index (χ2v) is 5.42. The molecular formula is C18H24O. The van der Waals surface area contributed by atoms with Crippen LogP contribution >= 0.6 is 0 Å². The zero-order chi connectivity index (χ0) is 13.5. The lowest BCUT2D eigenvalue weighted by atomic mass is 9.77. The van der Waals surface area contributed by atoms with Gasteiger partial charge in [-0.15, -0.1) is 6.58 Å². The van der Waals surface area contributed by atoms with Crippen molar-refractivity contribution in [1.82, 2.24) is 0 Å². The van der Waals surface area contributed by atoms with Gasteiger partial charge < -0.3 is 4.74 Å². The van der Waals surface area contributed by atoms with Crippen molar-refractivity contribution in [3.8, 4) is 5.75 Å². The van der Waals surface area contributed by atoms with Crippen molar-refractivity contribution < 1.29 is 4.74 Å². The van der Waals surface area contributed by atoms with E-state index in [1.807, 2.05) is 0 Å². The van der Waals surface area contributed by atoms with Crippen LogP contribution in [0.5, 0.6) is 5.75 Å². The topological polar surface area (TPSA) is 9.23 Å². The predicted octanol–water partition coefficient (Wildman–Crippen LogP) is 5.10. The van der Waals surface area contributed by atoms with Gasteiger partial charge in [0.15, 0.2) is 0 Å². The Morgan fingerprint density at radius 2 is 1.89 bits per heavy atom. The lowest BCUT2D eigenvalue weighted by molar-refractivity contribution is 0.324. The molecule has 0 radical (unpaired) electrons. The first-order valence-corrected chi connectivity index (χ1v) is 7.28. The SMILES string of the molecule is C=CCOc1ccc(C2CCCC(CC=C)C2)cc1. The third kappa shape index (κ3) is 3.99. The molecule has 1 fully saturated rings. The van der Waals surface area contributed by atoms with E-state index in [9.17, 15) is 0 Å². The summed E-state index contributed by atoms with van der Waals surface area (Å²) in [5.74, 6) is 2.47. The smallest absolute Gasteiger partial charge is 0.119 e. The monoisotopic (exact) mass is 256 g/mol. The molecule has 1 aromatic rings. The summed E-state index contributed by atoms with van der Waals surface area (Å²) in [6.45, 7) is 8.10. The van der Waals surface area contributed by atoms with Crippen LogP contribution in [0.15, 0.2) is 49.6 Å². The molecule has 2 atom stereocenters. The highest BCUT2D eigenvalue weighted by molar-refractivity contribution is 5.30. The summed E-state index contributed by atoms with van der Waals surface area (Å²) in [7, 11) is 0. The maximum absolute atomic E-state index is 5.53. The van der Waals surface area contributed by atoms with Gasteiger partial charge >= 0.3 is 0 Å². The summed E-state index contributed by atoms with van der Waals surface area (Å²) < 4.78 is 5.53. The minimum absolute atomic E-state index is 0.574. The number of benzene rings is 1. The van der Waals surface area contributed by atoms with E-state index in [1.165, 1.54) is 31.2 Å². The van der Waals surface area contributed by atoms with Crippen molar-refractivity contribution in [3.63, 3.8) is 0 Å². The second kappa shape index (κ2) is 7.18. The van der Waals surface area contributed by atoms with E-state index in [0.717, 1.165) is 18.1 Å². The van der Waals surface area contributed by atoms with Crippen molar-refractivity contribution in [2.24, 2.45) is 5.92 Å². The van der Waals surface area contributed by atoms with Gasteiger partial charge in [-0.05, 0) is 48.8 Å². The molecule has 0 heterocycles. The first-order chi connectivity index (χ1) is 9.33. The van der Waals surface area contributed by atoms with E-state index in [-0.39, 0.29) is 0 Å². The molecule has 1 heteroatoms. The molecule has 0 spiro atoms. The van der Waals surface area contributed by atoms with Crippen LogP contribution in [0, 0.1) is 5.92 Å². The van der Waals surface area contributed by atoms with Gasteiger partial charge in [0, 0.05) is 0 Å². The average Bonchev–Trinajstić information content (AvgIpc) is 2.46. The minimum atomic E-state index is 0.574. The molecule has 1 saturated carbocycles. The Morgan fingerprint density at radius 1 is 1.11 bits per heavy atom. The molecule has 0 N–H and O–H groups in total. The fourth-order valence-electron chi connectivity index (χ4n) is 3.03. The van der Waals surface area contributed by atoms with Crippen molar-refractivity contribution in [1.29, 1.82) is 0 Å². The Bertz CT molecular complexity index is 404. The Labute approximate surface area is 117 Å². The number of hydrogen-bond donors (Lipinski definition) is 0. The van der Waals surface area contributed by atoms with Crippen LogP contribution in [0.1, 0.15) is 43.6 Å². The van der Waals surface area contributed by atoms with Crippen LogP contribution < -0.4 is 4.74 Å². The van der Waals surface area contributed by atoms with Crippen LogP contribution in [0.4, 0.5) is 0 Å². The molecule has 0 amide bonds. The van der Waals surface area contributed by atoms with E-state index < -0.39 is 0 Å². The normalized spacial score (nSPS) is 22.7. The van der Waals surface area contributed by atoms with Crippen LogP contribution in [-0.2, 0) is 0 Å². The first-order valence-electron chi connectivity index (χ1n) is 7.28. The van der Waals surface area contributed by atoms with Gasteiger partial charge in [-0.25, -0.2) is 0 Å². The summed E-state index contributed by atoms with van der Waals surface area (Å²) in [6, 6.07) is 8.60. The molecule has 0 aliphatic heterocycles. The second-order valence-electron chi connectivity index (χ2n) is 5.42. The van der Waals surface area contributed by atoms with Gasteiger partial charge in [-0.2, -0.15) is 0 Å². The maximum atomic E-state index is 5.53. The number of rotatable bonds is 6. The van der Waals surface area contributed by atoms with Gasteiger partial charge in [-0.1, -0.05) is 43.7 Å². The summed E-state index contributed by atoms with van der Waals surface area (Å²) in [6.07, 6.45) is 10.3. The zero-order valence-electron chi connectivity index (χ0n) is 11.7. The zero-order valence-corrected chi connectivity index (χ0v) is 11.7. The molecule has 1 nitrogen and oxygen atoms in total. The van der Waals surface area contributed by atoms with Crippen LogP contribution in [-0.4, -0.2) is 6.61 Å². The number of ether oxygens (including phenoxy) is 1. The van der Waals surface area contributed by atoms with Crippen molar-refractivity contribution in [2.45, 2.75) is 38.0 Å². The molecule has 0 saturated heterocycles. The molecule has 1 aromatic carbocycles. The molecule has 1 aliphatic rings. The van der Waals surface area contributed by atoms with Gasteiger partial charge in [0.1, 0.15) is 12.4 Å². The average molecular weight is 256 g/mol. The Hall–Kier alpha value is -1.50. The standard InChI is InChI=1S/C18H24O/c1-3-6-15-7-5-8-17(14-15)16-9-11-18(12-10-16)19-13-4-2/h3-4,9-12,15,17H,1-2,5-8,13-14H2. The Balaban J connectivity index is 1.96. The van der Waals surface area contributed by atoms with Gasteiger partial charge in [0.2, 0.25) is 0 Å². The third-order valence-electron chi connectivity index (χ3n) is 4.00. The highest BCUT2D eigenvalue weighted by Crippen LogP contribution is 2.38. The Kier molecular flexibility index (Phi) is 5.26. The number of hydrogen-bond acceptors (Lipinski definition) is 1. The molecule has 0 aromatic heterocycles. The van der Waals surface area contributed by atoms with E-state index >= 15 is 0 Å². The quantitative estimate of drug-likeness (QED) is 0.643.